The van der Waals surface area contributed by atoms with E-state index in [1.165, 1.54) is 6.20 Å². The summed E-state index contributed by atoms with van der Waals surface area (Å²) in [7, 11) is -4.00. The lowest BCUT2D eigenvalue weighted by molar-refractivity contribution is -0.274. The van der Waals surface area contributed by atoms with Crippen molar-refractivity contribution in [3.05, 3.63) is 48.3 Å². The van der Waals surface area contributed by atoms with Crippen molar-refractivity contribution in [2.75, 3.05) is 17.8 Å². The van der Waals surface area contributed by atoms with Crippen molar-refractivity contribution >= 4 is 21.6 Å². The normalized spacial score (nSPS) is 15.0. The van der Waals surface area contributed by atoms with Crippen molar-refractivity contribution in [1.29, 1.82) is 0 Å². The highest BCUT2D eigenvalue weighted by molar-refractivity contribution is 7.92. The SMILES string of the molecule is CCC(=O)N1CC(c2ccc(NS(=O)(=O)c3ccc(OC(F)(F)F)cc3)cn2)C1. The van der Waals surface area contributed by atoms with Gasteiger partial charge >= 0.3 is 6.36 Å². The molecule has 0 radical (unpaired) electrons. The molecule has 156 valence electrons. The van der Waals surface area contributed by atoms with Crippen molar-refractivity contribution in [3.63, 3.8) is 0 Å². The van der Waals surface area contributed by atoms with Gasteiger partial charge in [0.25, 0.3) is 10.0 Å². The third-order valence-corrected chi connectivity index (χ3v) is 5.76. The van der Waals surface area contributed by atoms with Crippen LogP contribution >= 0.6 is 0 Å². The Morgan fingerprint density at radius 1 is 1.21 bits per heavy atom. The molecule has 2 heterocycles. The number of sulfonamides is 1. The van der Waals surface area contributed by atoms with Gasteiger partial charge in [-0.1, -0.05) is 6.92 Å². The molecule has 29 heavy (non-hydrogen) atoms. The van der Waals surface area contributed by atoms with Crippen LogP contribution in [-0.2, 0) is 14.8 Å². The van der Waals surface area contributed by atoms with Gasteiger partial charge in [-0.3, -0.25) is 14.5 Å². The third-order valence-electron chi connectivity index (χ3n) is 4.36. The number of pyridine rings is 1. The number of hydrogen-bond acceptors (Lipinski definition) is 5. The molecule has 11 heteroatoms. The molecule has 0 saturated carbocycles. The van der Waals surface area contributed by atoms with E-state index in [4.69, 9.17) is 0 Å². The lowest BCUT2D eigenvalue weighted by Crippen LogP contribution is -2.48. The molecule has 2 aromatic rings. The smallest absolute Gasteiger partial charge is 0.406 e. The second kappa shape index (κ2) is 7.90. The van der Waals surface area contributed by atoms with Gasteiger partial charge in [0.15, 0.2) is 0 Å². The van der Waals surface area contributed by atoms with Crippen LogP contribution < -0.4 is 9.46 Å². The van der Waals surface area contributed by atoms with Crippen molar-refractivity contribution < 1.29 is 31.1 Å². The van der Waals surface area contributed by atoms with Gasteiger partial charge in [-0.25, -0.2) is 8.42 Å². The molecule has 1 aliphatic rings. The Balaban J connectivity index is 1.63. The molecule has 1 aliphatic heterocycles. The van der Waals surface area contributed by atoms with E-state index in [2.05, 4.69) is 14.4 Å². The summed E-state index contributed by atoms with van der Waals surface area (Å²) in [5.41, 5.74) is 0.965. The molecular weight excluding hydrogens is 411 g/mol. The highest BCUT2D eigenvalue weighted by atomic mass is 32.2. The van der Waals surface area contributed by atoms with E-state index in [9.17, 15) is 26.4 Å². The third kappa shape index (κ3) is 5.17. The standard InChI is InChI=1S/C18H18F3N3O4S/c1-2-17(25)24-10-12(11-24)16-8-3-13(9-22-16)23-29(26,27)15-6-4-14(5-7-15)28-18(19,20)21/h3-9,12,23H,2,10-11H2,1H3. The van der Waals surface area contributed by atoms with Gasteiger partial charge in [0.2, 0.25) is 5.91 Å². The lowest BCUT2D eigenvalue weighted by Gasteiger charge is -2.38. The summed E-state index contributed by atoms with van der Waals surface area (Å²) in [6, 6.07) is 7.09. The second-order valence-electron chi connectivity index (χ2n) is 6.45. The molecule has 0 unspecified atom stereocenters. The number of aromatic nitrogens is 1. The molecule has 0 bridgehead atoms. The molecule has 1 saturated heterocycles. The Labute approximate surface area is 165 Å². The Bertz CT molecular complexity index is 971. The number of alkyl halides is 3. The van der Waals surface area contributed by atoms with Crippen molar-refractivity contribution in [1.82, 2.24) is 9.88 Å². The molecule has 1 N–H and O–H groups in total. The summed E-state index contributed by atoms with van der Waals surface area (Å²) in [6.45, 7) is 2.96. The van der Waals surface area contributed by atoms with Gasteiger partial charge in [0.1, 0.15) is 5.75 Å². The van der Waals surface area contributed by atoms with Crippen LogP contribution in [0.4, 0.5) is 18.9 Å². The van der Waals surface area contributed by atoms with E-state index in [1.54, 1.807) is 24.0 Å². The summed E-state index contributed by atoms with van der Waals surface area (Å²) < 4.78 is 67.4. The number of benzene rings is 1. The largest absolute Gasteiger partial charge is 0.573 e. The minimum Gasteiger partial charge on any atom is -0.406 e. The van der Waals surface area contributed by atoms with Crippen molar-refractivity contribution in [3.8, 4) is 5.75 Å². The summed E-state index contributed by atoms with van der Waals surface area (Å²) in [4.78, 5) is 17.3. The topological polar surface area (TPSA) is 88.6 Å². The van der Waals surface area contributed by atoms with Crippen LogP contribution in [0.2, 0.25) is 0 Å². The quantitative estimate of drug-likeness (QED) is 0.762. The zero-order valence-corrected chi connectivity index (χ0v) is 16.1. The highest BCUT2D eigenvalue weighted by Crippen LogP contribution is 2.28. The minimum absolute atomic E-state index is 0.0808. The summed E-state index contributed by atoms with van der Waals surface area (Å²) in [6.07, 6.45) is -3.05. The number of hydrogen-bond donors (Lipinski definition) is 1. The zero-order chi connectivity index (χ0) is 21.2. The Hall–Kier alpha value is -2.82. The number of carbonyl (C=O) groups is 1. The highest BCUT2D eigenvalue weighted by Gasteiger charge is 2.32. The number of anilines is 1. The molecule has 7 nitrogen and oxygen atoms in total. The summed E-state index contributed by atoms with van der Waals surface area (Å²) in [5, 5.41) is 0. The first kappa shape index (κ1) is 20.9. The van der Waals surface area contributed by atoms with E-state index in [0.29, 0.717) is 19.5 Å². The molecule has 1 aromatic heterocycles. The van der Waals surface area contributed by atoms with E-state index in [-0.39, 0.29) is 22.4 Å². The monoisotopic (exact) mass is 429 g/mol. The fraction of sp³-hybridized carbons (Fsp3) is 0.333. The molecule has 1 amide bonds. The van der Waals surface area contributed by atoms with E-state index >= 15 is 0 Å². The van der Waals surface area contributed by atoms with Crippen LogP contribution in [0.15, 0.2) is 47.5 Å². The maximum atomic E-state index is 12.4. The molecular formula is C18H18F3N3O4S. The molecule has 0 spiro atoms. The molecule has 1 fully saturated rings. The van der Waals surface area contributed by atoms with E-state index in [0.717, 1.165) is 30.0 Å². The van der Waals surface area contributed by atoms with Crippen LogP contribution in [-0.4, -0.2) is 43.7 Å². The molecule has 0 aliphatic carbocycles. The molecule has 1 aromatic carbocycles. The Kier molecular flexibility index (Phi) is 5.69. The molecule has 0 atom stereocenters. The minimum atomic E-state index is -4.85. The zero-order valence-electron chi connectivity index (χ0n) is 15.3. The first-order valence-electron chi connectivity index (χ1n) is 8.70. The predicted molar refractivity (Wildman–Crippen MR) is 97.8 cm³/mol. The number of halogens is 3. The first-order valence-corrected chi connectivity index (χ1v) is 10.2. The van der Waals surface area contributed by atoms with Crippen LogP contribution in [0.1, 0.15) is 25.0 Å². The van der Waals surface area contributed by atoms with E-state index < -0.39 is 22.1 Å². The Morgan fingerprint density at radius 2 is 1.86 bits per heavy atom. The number of nitrogens with one attached hydrogen (secondary N) is 1. The number of carbonyl (C=O) groups excluding carboxylic acids is 1. The summed E-state index contributed by atoms with van der Waals surface area (Å²) >= 11 is 0. The number of amides is 1. The van der Waals surface area contributed by atoms with Gasteiger partial charge in [0.05, 0.1) is 16.8 Å². The predicted octanol–water partition coefficient (Wildman–Crippen LogP) is 3.12. The van der Waals surface area contributed by atoms with Gasteiger partial charge in [-0.15, -0.1) is 13.2 Å². The van der Waals surface area contributed by atoms with Crippen LogP contribution in [0.3, 0.4) is 0 Å². The van der Waals surface area contributed by atoms with Crippen LogP contribution in [0.25, 0.3) is 0 Å². The average Bonchev–Trinajstić information content (AvgIpc) is 2.60. The van der Waals surface area contributed by atoms with Gasteiger partial charge in [0, 0.05) is 31.1 Å². The number of ether oxygens (including phenoxy) is 1. The van der Waals surface area contributed by atoms with E-state index in [1.807, 2.05) is 0 Å². The number of rotatable bonds is 6. The fourth-order valence-corrected chi connectivity index (χ4v) is 3.88. The van der Waals surface area contributed by atoms with Crippen molar-refractivity contribution in [2.45, 2.75) is 30.5 Å². The number of likely N-dealkylation sites (tertiary alicyclic amines) is 1. The van der Waals surface area contributed by atoms with Crippen LogP contribution in [0.5, 0.6) is 5.75 Å². The van der Waals surface area contributed by atoms with Gasteiger partial charge < -0.3 is 9.64 Å². The molecule has 3 rings (SSSR count). The first-order chi connectivity index (χ1) is 13.6. The van der Waals surface area contributed by atoms with Crippen molar-refractivity contribution in [2.24, 2.45) is 0 Å². The summed E-state index contributed by atoms with van der Waals surface area (Å²) in [5.74, 6) is -0.326. The Morgan fingerprint density at radius 3 is 2.38 bits per heavy atom. The average molecular weight is 429 g/mol. The fourth-order valence-electron chi connectivity index (χ4n) is 2.83. The number of nitrogens with zero attached hydrogens (tertiary/aromatic N) is 2. The second-order valence-corrected chi connectivity index (χ2v) is 8.13. The van der Waals surface area contributed by atoms with Crippen LogP contribution in [0, 0.1) is 0 Å². The van der Waals surface area contributed by atoms with Gasteiger partial charge in [-0.05, 0) is 36.4 Å². The maximum absolute atomic E-state index is 12.4. The maximum Gasteiger partial charge on any atom is 0.573 e. The van der Waals surface area contributed by atoms with Gasteiger partial charge in [-0.2, -0.15) is 0 Å². The lowest BCUT2D eigenvalue weighted by atomic mass is 9.95.